The number of rotatable bonds is 7. The molecule has 25 heavy (non-hydrogen) atoms. The number of esters is 1. The van der Waals surface area contributed by atoms with Crippen LogP contribution in [0.1, 0.15) is 29.3 Å². The third kappa shape index (κ3) is 6.11. The zero-order chi connectivity index (χ0) is 18.2. The monoisotopic (exact) mass is 377 g/mol. The highest BCUT2D eigenvalue weighted by Gasteiger charge is 2.10. The molecule has 2 rings (SSSR count). The molecule has 2 aromatic rings. The molecule has 0 heterocycles. The van der Waals surface area contributed by atoms with E-state index in [0.717, 1.165) is 10.5 Å². The minimum atomic E-state index is -0.358. The molecule has 0 fully saturated rings. The fraction of sp³-hybridized carbons (Fsp3) is 0.263. The van der Waals surface area contributed by atoms with Gasteiger partial charge in [0, 0.05) is 27.8 Å². The maximum Gasteiger partial charge on any atom is 0.338 e. The molecule has 1 amide bonds. The Kier molecular flexibility index (Phi) is 7.34. The second kappa shape index (κ2) is 9.49. The molecular weight excluding hydrogens is 358 g/mol. The van der Waals surface area contributed by atoms with Crippen molar-refractivity contribution in [2.24, 2.45) is 0 Å². The molecule has 0 aliphatic carbocycles. The summed E-state index contributed by atoms with van der Waals surface area (Å²) in [7, 11) is 0. The van der Waals surface area contributed by atoms with Crippen molar-refractivity contribution in [3.8, 4) is 0 Å². The van der Waals surface area contributed by atoms with Crippen molar-refractivity contribution >= 4 is 40.9 Å². The first-order valence-electron chi connectivity index (χ1n) is 7.95. The summed E-state index contributed by atoms with van der Waals surface area (Å²) in [4.78, 5) is 24.9. The Hall–Kier alpha value is -1.98. The Morgan fingerprint density at radius 2 is 1.88 bits per heavy atom. The number of hydrogen-bond acceptors (Lipinski definition) is 4. The summed E-state index contributed by atoms with van der Waals surface area (Å²) in [6, 6.07) is 12.6. The van der Waals surface area contributed by atoms with Crippen molar-refractivity contribution in [1.82, 2.24) is 0 Å². The van der Waals surface area contributed by atoms with Crippen LogP contribution in [0.5, 0.6) is 0 Å². The third-order valence-corrected chi connectivity index (χ3v) is 4.69. The maximum absolute atomic E-state index is 12.1. The van der Waals surface area contributed by atoms with E-state index in [1.807, 2.05) is 31.2 Å². The summed E-state index contributed by atoms with van der Waals surface area (Å²) in [6.45, 7) is 3.95. The smallest absolute Gasteiger partial charge is 0.338 e. The van der Waals surface area contributed by atoms with Gasteiger partial charge in [0.05, 0.1) is 12.2 Å². The number of hydrogen-bond donors (Lipinski definition) is 1. The minimum Gasteiger partial charge on any atom is -0.462 e. The van der Waals surface area contributed by atoms with Crippen molar-refractivity contribution in [3.63, 3.8) is 0 Å². The van der Waals surface area contributed by atoms with Crippen molar-refractivity contribution in [2.45, 2.75) is 25.2 Å². The van der Waals surface area contributed by atoms with E-state index in [9.17, 15) is 9.59 Å². The van der Waals surface area contributed by atoms with Crippen LogP contribution in [0, 0.1) is 6.92 Å². The highest BCUT2D eigenvalue weighted by molar-refractivity contribution is 7.99. The second-order valence-electron chi connectivity index (χ2n) is 5.35. The van der Waals surface area contributed by atoms with E-state index in [1.165, 1.54) is 0 Å². The van der Waals surface area contributed by atoms with Gasteiger partial charge in [0.2, 0.25) is 5.91 Å². The summed E-state index contributed by atoms with van der Waals surface area (Å²) >= 11 is 7.45. The Morgan fingerprint density at radius 1 is 1.16 bits per heavy atom. The number of aryl methyl sites for hydroxylation is 1. The minimum absolute atomic E-state index is 0.0616. The molecule has 1 N–H and O–H groups in total. The van der Waals surface area contributed by atoms with Crippen molar-refractivity contribution in [3.05, 3.63) is 58.6 Å². The van der Waals surface area contributed by atoms with Crippen molar-refractivity contribution in [1.29, 1.82) is 0 Å². The van der Waals surface area contributed by atoms with E-state index >= 15 is 0 Å². The largest absolute Gasteiger partial charge is 0.462 e. The molecule has 4 nitrogen and oxygen atoms in total. The van der Waals surface area contributed by atoms with E-state index in [-0.39, 0.29) is 11.9 Å². The Labute approximate surface area is 156 Å². The number of carbonyl (C=O) groups is 2. The van der Waals surface area contributed by atoms with Gasteiger partial charge in [0.1, 0.15) is 0 Å². The van der Waals surface area contributed by atoms with Crippen LogP contribution in [0.25, 0.3) is 0 Å². The van der Waals surface area contributed by atoms with Crippen LogP contribution in [-0.2, 0) is 9.53 Å². The number of nitrogens with one attached hydrogen (secondary N) is 1. The van der Waals surface area contributed by atoms with Gasteiger partial charge in [-0.05, 0) is 61.9 Å². The summed E-state index contributed by atoms with van der Waals surface area (Å²) in [5.41, 5.74) is 2.01. The van der Waals surface area contributed by atoms with Gasteiger partial charge in [0.15, 0.2) is 0 Å². The Morgan fingerprint density at radius 3 is 2.52 bits per heavy atom. The Balaban J connectivity index is 1.85. The number of carbonyl (C=O) groups excluding carboxylic acids is 2. The fourth-order valence-corrected chi connectivity index (χ4v) is 3.13. The van der Waals surface area contributed by atoms with Crippen LogP contribution in [0.3, 0.4) is 0 Å². The van der Waals surface area contributed by atoms with Gasteiger partial charge in [-0.25, -0.2) is 4.79 Å². The van der Waals surface area contributed by atoms with Gasteiger partial charge in [0.25, 0.3) is 0 Å². The van der Waals surface area contributed by atoms with E-state index in [2.05, 4.69) is 5.32 Å². The van der Waals surface area contributed by atoms with Crippen molar-refractivity contribution in [2.75, 3.05) is 17.7 Å². The summed E-state index contributed by atoms with van der Waals surface area (Å²) in [5.74, 6) is 0.254. The summed E-state index contributed by atoms with van der Waals surface area (Å²) in [6.07, 6.45) is 0.395. The normalized spacial score (nSPS) is 10.4. The molecule has 0 unspecified atom stereocenters. The van der Waals surface area contributed by atoms with Gasteiger partial charge in [-0.1, -0.05) is 11.6 Å². The molecule has 0 aliphatic rings. The van der Waals surface area contributed by atoms with Crippen LogP contribution in [0.15, 0.2) is 47.4 Å². The maximum atomic E-state index is 12.1. The molecule has 6 heteroatoms. The number of anilines is 1. The van der Waals surface area contributed by atoms with Gasteiger partial charge in [-0.3, -0.25) is 4.79 Å². The first kappa shape index (κ1) is 19.3. The lowest BCUT2D eigenvalue weighted by Gasteiger charge is -2.10. The topological polar surface area (TPSA) is 55.4 Å². The lowest BCUT2D eigenvalue weighted by Crippen LogP contribution is -2.13. The SMILES string of the molecule is CCOC(=O)c1ccc(NC(=O)CCSc2ccc(Cl)cc2)c(C)c1. The van der Waals surface area contributed by atoms with Crippen LogP contribution in [0.4, 0.5) is 5.69 Å². The zero-order valence-electron chi connectivity index (χ0n) is 14.2. The van der Waals surface area contributed by atoms with E-state index in [0.29, 0.717) is 35.1 Å². The predicted molar refractivity (Wildman–Crippen MR) is 103 cm³/mol. The van der Waals surface area contributed by atoms with Gasteiger partial charge < -0.3 is 10.1 Å². The number of halogens is 1. The quantitative estimate of drug-likeness (QED) is 0.548. The van der Waals surface area contributed by atoms with E-state index < -0.39 is 0 Å². The van der Waals surface area contributed by atoms with Gasteiger partial charge >= 0.3 is 5.97 Å². The number of amides is 1. The second-order valence-corrected chi connectivity index (χ2v) is 6.96. The average molecular weight is 378 g/mol. The zero-order valence-corrected chi connectivity index (χ0v) is 15.7. The average Bonchev–Trinajstić information content (AvgIpc) is 2.58. The molecular formula is C19H20ClNO3S. The molecule has 0 aromatic heterocycles. The van der Waals surface area contributed by atoms with E-state index in [1.54, 1.807) is 36.9 Å². The first-order chi connectivity index (χ1) is 12.0. The third-order valence-electron chi connectivity index (χ3n) is 3.42. The molecule has 132 valence electrons. The number of benzene rings is 2. The van der Waals surface area contributed by atoms with Crippen molar-refractivity contribution < 1.29 is 14.3 Å². The summed E-state index contributed by atoms with van der Waals surface area (Å²) < 4.78 is 4.97. The van der Waals surface area contributed by atoms with E-state index in [4.69, 9.17) is 16.3 Å². The number of ether oxygens (including phenoxy) is 1. The lowest BCUT2D eigenvalue weighted by molar-refractivity contribution is -0.115. The lowest BCUT2D eigenvalue weighted by atomic mass is 10.1. The van der Waals surface area contributed by atoms with Gasteiger partial charge in [-0.2, -0.15) is 0 Å². The summed E-state index contributed by atoms with van der Waals surface area (Å²) in [5, 5.41) is 3.58. The highest BCUT2D eigenvalue weighted by atomic mass is 35.5. The fourth-order valence-electron chi connectivity index (χ4n) is 2.15. The standard InChI is InChI=1S/C19H20ClNO3S/c1-3-24-19(23)14-4-9-17(13(2)12-14)21-18(22)10-11-25-16-7-5-15(20)6-8-16/h4-9,12H,3,10-11H2,1-2H3,(H,21,22). The highest BCUT2D eigenvalue weighted by Crippen LogP contribution is 2.22. The first-order valence-corrected chi connectivity index (χ1v) is 9.32. The molecule has 0 aliphatic heterocycles. The molecule has 0 atom stereocenters. The molecule has 2 aromatic carbocycles. The molecule has 0 spiro atoms. The van der Waals surface area contributed by atoms with Crippen LogP contribution in [-0.4, -0.2) is 24.2 Å². The van der Waals surface area contributed by atoms with Crippen LogP contribution < -0.4 is 5.32 Å². The van der Waals surface area contributed by atoms with Crippen LogP contribution in [0.2, 0.25) is 5.02 Å². The molecule has 0 bridgehead atoms. The predicted octanol–water partition coefficient (Wildman–Crippen LogP) is 4.95. The van der Waals surface area contributed by atoms with Gasteiger partial charge in [-0.15, -0.1) is 11.8 Å². The molecule has 0 radical (unpaired) electrons. The molecule has 0 saturated carbocycles. The Bertz CT molecular complexity index is 747. The molecule has 0 saturated heterocycles. The van der Waals surface area contributed by atoms with Crippen LogP contribution >= 0.6 is 23.4 Å². The number of thioether (sulfide) groups is 1.